The molecular formula is C12H22NO+. The van der Waals surface area contributed by atoms with Crippen molar-refractivity contribution in [3.63, 3.8) is 0 Å². The average molecular weight is 196 g/mol. The highest BCUT2D eigenvalue weighted by atomic mass is 16.5. The number of nitrogens with two attached hydrogens (primary N) is 1. The van der Waals surface area contributed by atoms with Crippen LogP contribution in [-0.2, 0) is 4.74 Å². The second kappa shape index (κ2) is 4.94. The van der Waals surface area contributed by atoms with Crippen molar-refractivity contribution in [3.8, 4) is 0 Å². The van der Waals surface area contributed by atoms with Crippen LogP contribution in [0.1, 0.15) is 19.3 Å². The van der Waals surface area contributed by atoms with E-state index in [2.05, 4.69) is 17.5 Å². The second-order valence-corrected chi connectivity index (χ2v) is 4.70. The molecule has 0 radical (unpaired) electrons. The number of methoxy groups -OCH3 is 1. The van der Waals surface area contributed by atoms with Crippen LogP contribution in [0.3, 0.4) is 0 Å². The van der Waals surface area contributed by atoms with Crippen molar-refractivity contribution >= 4 is 0 Å². The van der Waals surface area contributed by atoms with Crippen molar-refractivity contribution in [2.24, 2.45) is 17.8 Å². The summed E-state index contributed by atoms with van der Waals surface area (Å²) in [7, 11) is 1.78. The van der Waals surface area contributed by atoms with Crippen LogP contribution in [0, 0.1) is 17.8 Å². The molecule has 14 heavy (non-hydrogen) atoms. The Morgan fingerprint density at radius 1 is 1.36 bits per heavy atom. The van der Waals surface area contributed by atoms with E-state index in [4.69, 9.17) is 4.74 Å². The molecule has 80 valence electrons. The van der Waals surface area contributed by atoms with Gasteiger partial charge in [0.15, 0.2) is 0 Å². The Bertz CT molecular complexity index is 202. The maximum atomic E-state index is 5.03. The number of quaternary nitrogens is 1. The molecule has 0 heterocycles. The zero-order valence-corrected chi connectivity index (χ0v) is 9.11. The Morgan fingerprint density at radius 3 is 2.93 bits per heavy atom. The molecule has 0 spiro atoms. The van der Waals surface area contributed by atoms with E-state index in [0.29, 0.717) is 0 Å². The fraction of sp³-hybridized carbons (Fsp3) is 0.833. The molecule has 1 fully saturated rings. The first kappa shape index (κ1) is 10.2. The largest absolute Gasteiger partial charge is 0.384 e. The van der Waals surface area contributed by atoms with Crippen molar-refractivity contribution < 1.29 is 10.1 Å². The van der Waals surface area contributed by atoms with Crippen LogP contribution in [0.25, 0.3) is 0 Å². The van der Waals surface area contributed by atoms with E-state index in [-0.39, 0.29) is 0 Å². The first-order valence-corrected chi connectivity index (χ1v) is 5.89. The molecule has 3 atom stereocenters. The number of ether oxygens (including phenoxy) is 1. The standard InChI is InChI=1S/C12H21NO/c1-14-6-2-5-13-9-12-8-10-3-4-11(12)7-10/h3-4,10-13H,2,5-9H2,1H3/p+1/t10-,11+,12+/m0/s1. The van der Waals surface area contributed by atoms with Crippen LogP contribution in [0.2, 0.25) is 0 Å². The lowest BCUT2D eigenvalue weighted by atomic mass is 9.94. The van der Waals surface area contributed by atoms with Gasteiger partial charge in [-0.05, 0) is 24.7 Å². The monoisotopic (exact) mass is 196 g/mol. The zero-order valence-electron chi connectivity index (χ0n) is 9.11. The lowest BCUT2D eigenvalue weighted by Crippen LogP contribution is -2.85. The van der Waals surface area contributed by atoms with Crippen LogP contribution < -0.4 is 5.32 Å². The normalized spacial score (nSPS) is 34.2. The van der Waals surface area contributed by atoms with Gasteiger partial charge in [0.25, 0.3) is 0 Å². The first-order chi connectivity index (χ1) is 6.90. The van der Waals surface area contributed by atoms with Gasteiger partial charge in [0, 0.05) is 19.4 Å². The topological polar surface area (TPSA) is 25.8 Å². The number of allylic oxidation sites excluding steroid dienone is 2. The van der Waals surface area contributed by atoms with Crippen molar-refractivity contribution in [2.45, 2.75) is 19.3 Å². The van der Waals surface area contributed by atoms with Gasteiger partial charge >= 0.3 is 0 Å². The van der Waals surface area contributed by atoms with Crippen LogP contribution >= 0.6 is 0 Å². The highest BCUT2D eigenvalue weighted by molar-refractivity contribution is 5.09. The highest BCUT2D eigenvalue weighted by Gasteiger charge is 2.36. The van der Waals surface area contributed by atoms with E-state index in [1.54, 1.807) is 7.11 Å². The predicted octanol–water partition coefficient (Wildman–Crippen LogP) is 0.798. The van der Waals surface area contributed by atoms with Gasteiger partial charge in [-0.1, -0.05) is 12.2 Å². The summed E-state index contributed by atoms with van der Waals surface area (Å²) in [6, 6.07) is 0. The number of fused-ring (bicyclic) bond motifs is 2. The molecular weight excluding hydrogens is 174 g/mol. The fourth-order valence-electron chi connectivity index (χ4n) is 2.87. The summed E-state index contributed by atoms with van der Waals surface area (Å²) in [6.45, 7) is 3.47. The molecule has 0 aromatic heterocycles. The summed E-state index contributed by atoms with van der Waals surface area (Å²) in [4.78, 5) is 0. The molecule has 1 saturated carbocycles. The summed E-state index contributed by atoms with van der Waals surface area (Å²) >= 11 is 0. The van der Waals surface area contributed by atoms with E-state index >= 15 is 0 Å². The minimum atomic E-state index is 0.910. The maximum Gasteiger partial charge on any atom is 0.0789 e. The van der Waals surface area contributed by atoms with Gasteiger partial charge < -0.3 is 10.1 Å². The minimum Gasteiger partial charge on any atom is -0.384 e. The Morgan fingerprint density at radius 2 is 2.29 bits per heavy atom. The molecule has 2 N–H and O–H groups in total. The molecule has 0 aromatic carbocycles. The lowest BCUT2D eigenvalue weighted by Gasteiger charge is -2.15. The predicted molar refractivity (Wildman–Crippen MR) is 57.0 cm³/mol. The van der Waals surface area contributed by atoms with Gasteiger partial charge in [-0.2, -0.15) is 0 Å². The van der Waals surface area contributed by atoms with Gasteiger partial charge in [0.1, 0.15) is 0 Å². The summed E-state index contributed by atoms with van der Waals surface area (Å²) in [5.74, 6) is 2.81. The van der Waals surface area contributed by atoms with E-state index in [1.807, 2.05) is 0 Å². The van der Waals surface area contributed by atoms with Crippen molar-refractivity contribution in [3.05, 3.63) is 12.2 Å². The molecule has 0 aliphatic heterocycles. The van der Waals surface area contributed by atoms with Crippen LogP contribution in [-0.4, -0.2) is 26.8 Å². The SMILES string of the molecule is COCCC[NH2+]C[C@H]1C[C@H]2C=C[C@@H]1C2. The summed E-state index contributed by atoms with van der Waals surface area (Å²) in [5.41, 5.74) is 0. The quantitative estimate of drug-likeness (QED) is 0.493. The van der Waals surface area contributed by atoms with E-state index in [1.165, 1.54) is 32.4 Å². The first-order valence-electron chi connectivity index (χ1n) is 5.89. The summed E-state index contributed by atoms with van der Waals surface area (Å²) in [6.07, 6.45) is 8.94. The van der Waals surface area contributed by atoms with Gasteiger partial charge in [-0.3, -0.25) is 0 Å². The van der Waals surface area contributed by atoms with Crippen molar-refractivity contribution in [1.29, 1.82) is 0 Å². The van der Waals surface area contributed by atoms with Crippen LogP contribution in [0.5, 0.6) is 0 Å². The van der Waals surface area contributed by atoms with Crippen LogP contribution in [0.15, 0.2) is 12.2 Å². The van der Waals surface area contributed by atoms with Gasteiger partial charge in [-0.25, -0.2) is 0 Å². The van der Waals surface area contributed by atoms with Gasteiger partial charge in [-0.15, -0.1) is 0 Å². The molecule has 0 unspecified atom stereocenters. The zero-order chi connectivity index (χ0) is 9.80. The highest BCUT2D eigenvalue weighted by Crippen LogP contribution is 2.42. The lowest BCUT2D eigenvalue weighted by molar-refractivity contribution is -0.661. The Hall–Kier alpha value is -0.340. The molecule has 2 nitrogen and oxygen atoms in total. The number of hydrogen-bond acceptors (Lipinski definition) is 1. The third-order valence-electron chi connectivity index (χ3n) is 3.64. The molecule has 2 heteroatoms. The van der Waals surface area contributed by atoms with Crippen molar-refractivity contribution in [2.75, 3.05) is 26.8 Å². The second-order valence-electron chi connectivity index (χ2n) is 4.70. The van der Waals surface area contributed by atoms with Crippen LogP contribution in [0.4, 0.5) is 0 Å². The summed E-state index contributed by atoms with van der Waals surface area (Å²) in [5, 5.41) is 2.47. The summed E-state index contributed by atoms with van der Waals surface area (Å²) < 4.78 is 5.03. The fourth-order valence-corrected chi connectivity index (χ4v) is 2.87. The maximum absolute atomic E-state index is 5.03. The Labute approximate surface area is 86.7 Å². The number of hydrogen-bond donors (Lipinski definition) is 1. The molecule has 0 amide bonds. The minimum absolute atomic E-state index is 0.910. The van der Waals surface area contributed by atoms with Crippen molar-refractivity contribution in [1.82, 2.24) is 0 Å². The Kier molecular flexibility index (Phi) is 3.60. The van der Waals surface area contributed by atoms with Gasteiger partial charge in [0.2, 0.25) is 0 Å². The third-order valence-corrected chi connectivity index (χ3v) is 3.64. The van der Waals surface area contributed by atoms with Gasteiger partial charge in [0.05, 0.1) is 19.7 Å². The average Bonchev–Trinajstić information content (AvgIpc) is 2.79. The molecule has 2 aliphatic carbocycles. The molecule has 2 aliphatic rings. The van der Waals surface area contributed by atoms with E-state index < -0.39 is 0 Å². The number of rotatable bonds is 6. The molecule has 0 aromatic rings. The van der Waals surface area contributed by atoms with E-state index in [9.17, 15) is 0 Å². The third kappa shape index (κ3) is 2.37. The molecule has 2 bridgehead atoms. The molecule has 0 saturated heterocycles. The Balaban J connectivity index is 1.56. The van der Waals surface area contributed by atoms with E-state index in [0.717, 1.165) is 24.4 Å². The molecule has 2 rings (SSSR count). The smallest absolute Gasteiger partial charge is 0.0789 e.